The van der Waals surface area contributed by atoms with E-state index in [9.17, 15) is 0 Å². The Morgan fingerprint density at radius 2 is 2.24 bits per heavy atom. The first kappa shape index (κ1) is 10.3. The van der Waals surface area contributed by atoms with E-state index < -0.39 is 0 Å². The molecule has 0 saturated carbocycles. The summed E-state index contributed by atoms with van der Waals surface area (Å²) in [6.07, 6.45) is 4.55. The summed E-state index contributed by atoms with van der Waals surface area (Å²) in [6.45, 7) is 3.87. The lowest BCUT2D eigenvalue weighted by molar-refractivity contribution is 0.500. The minimum Gasteiger partial charge on any atom is -0.354 e. The Hall–Kier alpha value is -1.91. The van der Waals surface area contributed by atoms with Crippen LogP contribution in [-0.2, 0) is 13.0 Å². The number of aryl methyl sites for hydroxylation is 1. The van der Waals surface area contributed by atoms with E-state index in [-0.39, 0.29) is 0 Å². The second-order valence-corrected chi connectivity index (χ2v) is 4.25. The van der Waals surface area contributed by atoms with Crippen LogP contribution in [0.25, 0.3) is 0 Å². The van der Waals surface area contributed by atoms with Gasteiger partial charge in [-0.1, -0.05) is 6.92 Å². The standard InChI is InChI=1S/C12H15N5/c1-2-11-15-12-14-7-10(8-17(12)16-11)9-3-5-13-6-4-9/h3-6,10H,2,7-8H2,1H3,(H,14,15,16). The molecular formula is C12H15N5. The van der Waals surface area contributed by atoms with Gasteiger partial charge in [0, 0.05) is 31.3 Å². The van der Waals surface area contributed by atoms with Gasteiger partial charge in [0.1, 0.15) is 0 Å². The SMILES string of the molecule is CCc1nc2n(n1)CC(c1ccncc1)CN2. The first-order chi connectivity index (χ1) is 8.36. The van der Waals surface area contributed by atoms with Crippen molar-refractivity contribution in [2.45, 2.75) is 25.8 Å². The molecule has 3 heterocycles. The fourth-order valence-electron chi connectivity index (χ4n) is 2.14. The molecule has 5 heteroatoms. The van der Waals surface area contributed by atoms with Gasteiger partial charge < -0.3 is 5.32 Å². The molecule has 0 bridgehead atoms. The van der Waals surface area contributed by atoms with Crippen molar-refractivity contribution in [2.24, 2.45) is 0 Å². The summed E-state index contributed by atoms with van der Waals surface area (Å²) >= 11 is 0. The molecule has 0 spiro atoms. The maximum atomic E-state index is 4.47. The number of pyridine rings is 1. The first-order valence-corrected chi connectivity index (χ1v) is 5.94. The zero-order valence-corrected chi connectivity index (χ0v) is 9.80. The van der Waals surface area contributed by atoms with E-state index in [1.165, 1.54) is 5.56 Å². The Morgan fingerprint density at radius 3 is 3.00 bits per heavy atom. The van der Waals surface area contributed by atoms with Crippen molar-refractivity contribution in [3.05, 3.63) is 35.9 Å². The van der Waals surface area contributed by atoms with Crippen LogP contribution in [0.3, 0.4) is 0 Å². The van der Waals surface area contributed by atoms with Crippen LogP contribution in [0.15, 0.2) is 24.5 Å². The average Bonchev–Trinajstić information content (AvgIpc) is 2.81. The lowest BCUT2D eigenvalue weighted by atomic mass is 9.99. The van der Waals surface area contributed by atoms with Crippen molar-refractivity contribution in [3.8, 4) is 0 Å². The van der Waals surface area contributed by atoms with Crippen LogP contribution in [0.1, 0.15) is 24.2 Å². The lowest BCUT2D eigenvalue weighted by Gasteiger charge is -2.23. The van der Waals surface area contributed by atoms with Gasteiger partial charge in [-0.2, -0.15) is 10.1 Å². The maximum Gasteiger partial charge on any atom is 0.221 e. The fraction of sp³-hybridized carbons (Fsp3) is 0.417. The molecule has 1 N–H and O–H groups in total. The number of hydrogen-bond donors (Lipinski definition) is 1. The zero-order valence-electron chi connectivity index (χ0n) is 9.80. The first-order valence-electron chi connectivity index (χ1n) is 5.94. The van der Waals surface area contributed by atoms with Gasteiger partial charge in [0.15, 0.2) is 5.82 Å². The predicted molar refractivity (Wildman–Crippen MR) is 64.9 cm³/mol. The molecule has 0 aromatic carbocycles. The summed E-state index contributed by atoms with van der Waals surface area (Å²) in [4.78, 5) is 8.47. The van der Waals surface area contributed by atoms with Crippen molar-refractivity contribution in [1.29, 1.82) is 0 Å². The van der Waals surface area contributed by atoms with Crippen molar-refractivity contribution in [1.82, 2.24) is 19.7 Å². The van der Waals surface area contributed by atoms with Crippen LogP contribution in [0.5, 0.6) is 0 Å². The molecule has 1 aliphatic heterocycles. The summed E-state index contributed by atoms with van der Waals surface area (Å²) in [6, 6.07) is 4.13. The molecule has 0 saturated heterocycles. The smallest absolute Gasteiger partial charge is 0.221 e. The van der Waals surface area contributed by atoms with Gasteiger partial charge >= 0.3 is 0 Å². The third-order valence-electron chi connectivity index (χ3n) is 3.11. The predicted octanol–water partition coefficient (Wildman–Crippen LogP) is 1.44. The van der Waals surface area contributed by atoms with Gasteiger partial charge in [-0.05, 0) is 17.7 Å². The van der Waals surface area contributed by atoms with E-state index in [0.717, 1.165) is 31.3 Å². The molecule has 0 amide bonds. The average molecular weight is 229 g/mol. The number of hydrogen-bond acceptors (Lipinski definition) is 4. The van der Waals surface area contributed by atoms with E-state index in [0.29, 0.717) is 5.92 Å². The van der Waals surface area contributed by atoms with Crippen LogP contribution in [-0.4, -0.2) is 26.3 Å². The maximum absolute atomic E-state index is 4.47. The van der Waals surface area contributed by atoms with Crippen LogP contribution < -0.4 is 5.32 Å². The van der Waals surface area contributed by atoms with E-state index in [1.54, 1.807) is 0 Å². The van der Waals surface area contributed by atoms with Crippen molar-refractivity contribution in [2.75, 3.05) is 11.9 Å². The quantitative estimate of drug-likeness (QED) is 0.846. The van der Waals surface area contributed by atoms with Crippen LogP contribution >= 0.6 is 0 Å². The van der Waals surface area contributed by atoms with Crippen LogP contribution in [0.4, 0.5) is 5.95 Å². The molecular weight excluding hydrogens is 214 g/mol. The molecule has 88 valence electrons. The second-order valence-electron chi connectivity index (χ2n) is 4.25. The number of rotatable bonds is 2. The van der Waals surface area contributed by atoms with E-state index in [4.69, 9.17) is 0 Å². The molecule has 5 nitrogen and oxygen atoms in total. The molecule has 0 fully saturated rings. The number of anilines is 1. The summed E-state index contributed by atoms with van der Waals surface area (Å²) < 4.78 is 1.97. The highest BCUT2D eigenvalue weighted by Gasteiger charge is 2.21. The number of fused-ring (bicyclic) bond motifs is 1. The Bertz CT molecular complexity index is 505. The van der Waals surface area contributed by atoms with Crippen LogP contribution in [0, 0.1) is 0 Å². The highest BCUT2D eigenvalue weighted by atomic mass is 15.4. The third-order valence-corrected chi connectivity index (χ3v) is 3.11. The normalized spacial score (nSPS) is 18.5. The fourth-order valence-corrected chi connectivity index (χ4v) is 2.14. The second kappa shape index (κ2) is 4.16. The molecule has 0 radical (unpaired) electrons. The minimum absolute atomic E-state index is 0.442. The molecule has 3 rings (SSSR count). The van der Waals surface area contributed by atoms with Crippen molar-refractivity contribution >= 4 is 5.95 Å². The molecule has 1 atom stereocenters. The van der Waals surface area contributed by atoms with Gasteiger partial charge in [-0.15, -0.1) is 0 Å². The Kier molecular flexibility index (Phi) is 2.51. The third kappa shape index (κ3) is 1.88. The molecule has 17 heavy (non-hydrogen) atoms. The topological polar surface area (TPSA) is 55.6 Å². The van der Waals surface area contributed by atoms with Crippen molar-refractivity contribution < 1.29 is 0 Å². The van der Waals surface area contributed by atoms with E-state index >= 15 is 0 Å². The Morgan fingerprint density at radius 1 is 1.41 bits per heavy atom. The van der Waals surface area contributed by atoms with Gasteiger partial charge in [-0.25, -0.2) is 4.68 Å². The van der Waals surface area contributed by atoms with Crippen molar-refractivity contribution in [3.63, 3.8) is 0 Å². The van der Waals surface area contributed by atoms with Gasteiger partial charge in [-0.3, -0.25) is 4.98 Å². The summed E-state index contributed by atoms with van der Waals surface area (Å²) in [7, 11) is 0. The molecule has 2 aromatic rings. The molecule has 2 aromatic heterocycles. The number of nitrogens with one attached hydrogen (secondary N) is 1. The van der Waals surface area contributed by atoms with Gasteiger partial charge in [0.2, 0.25) is 5.95 Å². The highest BCUT2D eigenvalue weighted by molar-refractivity contribution is 5.31. The number of nitrogens with zero attached hydrogens (tertiary/aromatic N) is 4. The highest BCUT2D eigenvalue weighted by Crippen LogP contribution is 2.23. The summed E-state index contributed by atoms with van der Waals surface area (Å²) in [5, 5.41) is 7.81. The zero-order chi connectivity index (χ0) is 11.7. The Labute approximate surface area is 99.9 Å². The molecule has 1 aliphatic rings. The minimum atomic E-state index is 0.442. The molecule has 0 aliphatic carbocycles. The number of aromatic nitrogens is 4. The van der Waals surface area contributed by atoms with Crippen LogP contribution in [0.2, 0.25) is 0 Å². The van der Waals surface area contributed by atoms with E-state index in [1.807, 2.05) is 17.1 Å². The monoisotopic (exact) mass is 229 g/mol. The largest absolute Gasteiger partial charge is 0.354 e. The van der Waals surface area contributed by atoms with Gasteiger partial charge in [0.25, 0.3) is 0 Å². The lowest BCUT2D eigenvalue weighted by Crippen LogP contribution is -2.26. The van der Waals surface area contributed by atoms with E-state index in [2.05, 4.69) is 39.4 Å². The molecule has 1 unspecified atom stereocenters. The summed E-state index contributed by atoms with van der Waals surface area (Å²) in [5.41, 5.74) is 1.30. The summed E-state index contributed by atoms with van der Waals surface area (Å²) in [5.74, 6) is 2.24. The Balaban J connectivity index is 1.85. The van der Waals surface area contributed by atoms with Gasteiger partial charge in [0.05, 0.1) is 6.54 Å².